The summed E-state index contributed by atoms with van der Waals surface area (Å²) in [6.07, 6.45) is 5.28. The number of carbonyl (C=O) groups excluding carboxylic acids is 1. The summed E-state index contributed by atoms with van der Waals surface area (Å²) < 4.78 is 5.19. The van der Waals surface area contributed by atoms with Crippen LogP contribution < -0.4 is 0 Å². The summed E-state index contributed by atoms with van der Waals surface area (Å²) >= 11 is 0. The normalized spacial score (nSPS) is 11.1. The topological polar surface area (TPSA) is 26.3 Å². The molecular weight excluding hydrogens is 128 g/mol. The van der Waals surface area contributed by atoms with E-state index in [1.807, 2.05) is 19.9 Å². The van der Waals surface area contributed by atoms with E-state index in [1.54, 1.807) is 6.08 Å². The van der Waals surface area contributed by atoms with Crippen LogP contribution in [0.5, 0.6) is 0 Å². The van der Waals surface area contributed by atoms with Crippen LogP contribution in [0.4, 0.5) is 0 Å². The molecule has 0 rings (SSSR count). The summed E-state index contributed by atoms with van der Waals surface area (Å²) in [7, 11) is 0. The third-order valence-electron chi connectivity index (χ3n) is 0.925. The minimum atomic E-state index is 0.265. The smallest absolute Gasteiger partial charge is 0.123 e. The molecule has 10 heavy (non-hydrogen) atoms. The monoisotopic (exact) mass is 142 g/mol. The van der Waals surface area contributed by atoms with Gasteiger partial charge in [-0.25, -0.2) is 0 Å². The number of hydrogen-bond acceptors (Lipinski definition) is 2. The predicted molar refractivity (Wildman–Crippen MR) is 40.9 cm³/mol. The molecule has 0 atom stereocenters. The first-order valence-corrected chi connectivity index (χ1v) is 3.47. The number of ether oxygens (including phenoxy) is 1. The van der Waals surface area contributed by atoms with Gasteiger partial charge in [-0.15, -0.1) is 0 Å². The van der Waals surface area contributed by atoms with Crippen molar-refractivity contribution in [1.29, 1.82) is 0 Å². The van der Waals surface area contributed by atoms with Gasteiger partial charge in [0, 0.05) is 6.42 Å². The highest BCUT2D eigenvalue weighted by Crippen LogP contribution is 1.87. The Bertz CT molecular complexity index is 106. The fourth-order valence-corrected chi connectivity index (χ4v) is 0.468. The number of allylic oxidation sites excluding steroid dienone is 1. The molecule has 0 fully saturated rings. The van der Waals surface area contributed by atoms with E-state index >= 15 is 0 Å². The van der Waals surface area contributed by atoms with Crippen LogP contribution >= 0.6 is 0 Å². The van der Waals surface area contributed by atoms with Crippen LogP contribution in [-0.4, -0.2) is 19.0 Å². The average Bonchev–Trinajstić information content (AvgIpc) is 1.87. The van der Waals surface area contributed by atoms with E-state index in [0.29, 0.717) is 13.0 Å². The van der Waals surface area contributed by atoms with E-state index in [0.717, 1.165) is 6.29 Å². The Morgan fingerprint density at radius 2 is 2.10 bits per heavy atom. The highest BCUT2D eigenvalue weighted by Gasteiger charge is 1.86. The third-order valence-corrected chi connectivity index (χ3v) is 0.925. The lowest BCUT2D eigenvalue weighted by Gasteiger charge is -2.01. The van der Waals surface area contributed by atoms with Crippen LogP contribution in [0.3, 0.4) is 0 Å². The molecule has 0 N–H and O–H groups in total. The van der Waals surface area contributed by atoms with Gasteiger partial charge in [0.25, 0.3) is 0 Å². The highest BCUT2D eigenvalue weighted by molar-refractivity contribution is 5.51. The molecule has 0 unspecified atom stereocenters. The lowest BCUT2D eigenvalue weighted by Crippen LogP contribution is -2.01. The minimum absolute atomic E-state index is 0.265. The summed E-state index contributed by atoms with van der Waals surface area (Å²) in [5.41, 5.74) is 0. The second kappa shape index (κ2) is 6.49. The van der Waals surface area contributed by atoms with Crippen molar-refractivity contribution in [3.63, 3.8) is 0 Å². The summed E-state index contributed by atoms with van der Waals surface area (Å²) in [5.74, 6) is 0. The summed E-state index contributed by atoms with van der Waals surface area (Å²) in [6.45, 7) is 4.56. The SMILES string of the molecule is CC(C)OC/C=C/CC=O. The van der Waals surface area contributed by atoms with Gasteiger partial charge in [-0.2, -0.15) is 0 Å². The maximum absolute atomic E-state index is 9.81. The van der Waals surface area contributed by atoms with Crippen LogP contribution in [0.1, 0.15) is 20.3 Å². The van der Waals surface area contributed by atoms with Gasteiger partial charge in [0.1, 0.15) is 6.29 Å². The van der Waals surface area contributed by atoms with E-state index in [9.17, 15) is 4.79 Å². The van der Waals surface area contributed by atoms with Crippen molar-refractivity contribution in [2.75, 3.05) is 6.61 Å². The van der Waals surface area contributed by atoms with Crippen molar-refractivity contribution < 1.29 is 9.53 Å². The van der Waals surface area contributed by atoms with E-state index in [4.69, 9.17) is 4.74 Å². The Balaban J connectivity index is 3.09. The maximum Gasteiger partial charge on any atom is 0.123 e. The Kier molecular flexibility index (Phi) is 6.08. The molecule has 0 bridgehead atoms. The second-order valence-corrected chi connectivity index (χ2v) is 2.26. The Hall–Kier alpha value is -0.630. The first-order chi connectivity index (χ1) is 4.77. The van der Waals surface area contributed by atoms with E-state index < -0.39 is 0 Å². The van der Waals surface area contributed by atoms with E-state index in [1.165, 1.54) is 0 Å². The molecule has 0 aliphatic rings. The molecule has 0 spiro atoms. The molecule has 2 heteroatoms. The van der Waals surface area contributed by atoms with Crippen LogP contribution in [0, 0.1) is 0 Å². The van der Waals surface area contributed by atoms with Gasteiger partial charge >= 0.3 is 0 Å². The maximum atomic E-state index is 9.81. The zero-order valence-electron chi connectivity index (χ0n) is 6.54. The molecule has 0 aliphatic carbocycles. The van der Waals surface area contributed by atoms with Crippen LogP contribution in [0.15, 0.2) is 12.2 Å². The number of aldehydes is 1. The standard InChI is InChI=1S/C8H14O2/c1-8(2)10-7-5-3-4-6-9/h3,5-6,8H,4,7H2,1-2H3/b5-3+. The number of rotatable bonds is 5. The fraction of sp³-hybridized carbons (Fsp3) is 0.625. The molecule has 58 valence electrons. The van der Waals surface area contributed by atoms with Crippen molar-refractivity contribution in [1.82, 2.24) is 0 Å². The van der Waals surface area contributed by atoms with Crippen LogP contribution in [-0.2, 0) is 9.53 Å². The van der Waals surface area contributed by atoms with Crippen LogP contribution in [0.25, 0.3) is 0 Å². The van der Waals surface area contributed by atoms with E-state index in [2.05, 4.69) is 0 Å². The summed E-state index contributed by atoms with van der Waals surface area (Å²) in [4.78, 5) is 9.81. The molecule has 0 aromatic heterocycles. The summed E-state index contributed by atoms with van der Waals surface area (Å²) in [5, 5.41) is 0. The fourth-order valence-electron chi connectivity index (χ4n) is 0.468. The zero-order valence-corrected chi connectivity index (χ0v) is 6.54. The van der Waals surface area contributed by atoms with Crippen molar-refractivity contribution in [2.24, 2.45) is 0 Å². The van der Waals surface area contributed by atoms with Gasteiger partial charge in [0.15, 0.2) is 0 Å². The van der Waals surface area contributed by atoms with Crippen molar-refractivity contribution in [3.05, 3.63) is 12.2 Å². The first kappa shape index (κ1) is 9.37. The predicted octanol–water partition coefficient (Wildman–Crippen LogP) is 1.56. The van der Waals surface area contributed by atoms with Gasteiger partial charge in [-0.05, 0) is 13.8 Å². The Labute approximate surface area is 61.9 Å². The third kappa shape index (κ3) is 7.37. The Morgan fingerprint density at radius 3 is 2.60 bits per heavy atom. The molecular formula is C8H14O2. The van der Waals surface area contributed by atoms with E-state index in [-0.39, 0.29) is 6.10 Å². The van der Waals surface area contributed by atoms with Gasteiger partial charge in [0.2, 0.25) is 0 Å². The lowest BCUT2D eigenvalue weighted by molar-refractivity contribution is -0.107. The number of carbonyl (C=O) groups is 1. The molecule has 0 saturated carbocycles. The summed E-state index contributed by atoms with van der Waals surface area (Å²) in [6, 6.07) is 0. The lowest BCUT2D eigenvalue weighted by atomic mass is 10.4. The quantitative estimate of drug-likeness (QED) is 0.430. The van der Waals surface area contributed by atoms with Gasteiger partial charge in [-0.1, -0.05) is 12.2 Å². The Morgan fingerprint density at radius 1 is 1.40 bits per heavy atom. The molecule has 0 aromatic rings. The molecule has 0 saturated heterocycles. The van der Waals surface area contributed by atoms with Crippen molar-refractivity contribution in [2.45, 2.75) is 26.4 Å². The number of hydrogen-bond donors (Lipinski definition) is 0. The largest absolute Gasteiger partial charge is 0.375 e. The molecule has 0 radical (unpaired) electrons. The van der Waals surface area contributed by atoms with Crippen molar-refractivity contribution in [3.8, 4) is 0 Å². The highest BCUT2D eigenvalue weighted by atomic mass is 16.5. The first-order valence-electron chi connectivity index (χ1n) is 3.47. The second-order valence-electron chi connectivity index (χ2n) is 2.26. The van der Waals surface area contributed by atoms with Gasteiger partial charge < -0.3 is 9.53 Å². The molecule has 0 aromatic carbocycles. The molecule has 0 amide bonds. The molecule has 0 aliphatic heterocycles. The van der Waals surface area contributed by atoms with Crippen molar-refractivity contribution >= 4 is 6.29 Å². The van der Waals surface area contributed by atoms with Gasteiger partial charge in [-0.3, -0.25) is 0 Å². The molecule has 2 nitrogen and oxygen atoms in total. The minimum Gasteiger partial charge on any atom is -0.375 e. The molecule has 0 heterocycles. The van der Waals surface area contributed by atoms with Gasteiger partial charge in [0.05, 0.1) is 12.7 Å². The average molecular weight is 142 g/mol. The zero-order chi connectivity index (χ0) is 7.82. The van der Waals surface area contributed by atoms with Crippen LogP contribution in [0.2, 0.25) is 0 Å².